The number of nitrogens with one attached hydrogen (secondary N) is 1. The van der Waals surface area contributed by atoms with Crippen molar-refractivity contribution in [3.63, 3.8) is 0 Å². The molecule has 0 saturated heterocycles. The minimum atomic E-state index is 0.316. The zero-order valence-corrected chi connectivity index (χ0v) is 9.38. The molecule has 0 heterocycles. The van der Waals surface area contributed by atoms with E-state index in [0.29, 0.717) is 18.5 Å². The molecule has 3 heteroatoms. The Morgan fingerprint density at radius 2 is 1.86 bits per heavy atom. The topological polar surface area (TPSA) is 38.0 Å². The summed E-state index contributed by atoms with van der Waals surface area (Å²) in [4.78, 5) is 0. The van der Waals surface area contributed by atoms with Crippen LogP contribution in [0.25, 0.3) is 0 Å². The number of anilines is 1. The maximum Gasteiger partial charge on any atom is 0.0407 e. The Morgan fingerprint density at radius 3 is 2.29 bits per heavy atom. The van der Waals surface area contributed by atoms with Gasteiger partial charge in [-0.25, -0.2) is 0 Å². The van der Waals surface area contributed by atoms with E-state index in [-0.39, 0.29) is 0 Å². The molecule has 0 fully saturated rings. The van der Waals surface area contributed by atoms with Crippen molar-refractivity contribution in [2.75, 3.05) is 11.9 Å². The van der Waals surface area contributed by atoms with Crippen molar-refractivity contribution in [2.45, 2.75) is 19.9 Å². The summed E-state index contributed by atoms with van der Waals surface area (Å²) in [6.45, 7) is 4.95. The number of hydrogen-bond acceptors (Lipinski definition) is 2. The Morgan fingerprint density at radius 1 is 1.29 bits per heavy atom. The molecule has 0 aliphatic rings. The summed E-state index contributed by atoms with van der Waals surface area (Å²) in [5.41, 5.74) is 6.73. The van der Waals surface area contributed by atoms with Gasteiger partial charge in [0.15, 0.2) is 0 Å². The predicted molar refractivity (Wildman–Crippen MR) is 62.8 cm³/mol. The van der Waals surface area contributed by atoms with Crippen LogP contribution < -0.4 is 11.1 Å². The van der Waals surface area contributed by atoms with Crippen molar-refractivity contribution in [2.24, 2.45) is 11.7 Å². The number of benzene rings is 1. The molecule has 2 nitrogen and oxygen atoms in total. The molecule has 1 aromatic carbocycles. The predicted octanol–water partition coefficient (Wildman–Crippen LogP) is 2.74. The van der Waals surface area contributed by atoms with Gasteiger partial charge in [-0.1, -0.05) is 25.4 Å². The van der Waals surface area contributed by atoms with Crippen LogP contribution in [0.15, 0.2) is 24.3 Å². The first kappa shape index (κ1) is 11.3. The number of rotatable bonds is 4. The quantitative estimate of drug-likeness (QED) is 0.806. The van der Waals surface area contributed by atoms with E-state index < -0.39 is 0 Å². The first-order valence-corrected chi connectivity index (χ1v) is 5.23. The van der Waals surface area contributed by atoms with Gasteiger partial charge in [0.2, 0.25) is 0 Å². The first-order chi connectivity index (χ1) is 6.63. The minimum absolute atomic E-state index is 0.316. The fourth-order valence-corrected chi connectivity index (χ4v) is 1.38. The molecule has 1 unspecified atom stereocenters. The molecule has 0 saturated carbocycles. The summed E-state index contributed by atoms with van der Waals surface area (Å²) < 4.78 is 0. The van der Waals surface area contributed by atoms with E-state index in [0.717, 1.165) is 10.7 Å². The molecule has 1 rings (SSSR count). The van der Waals surface area contributed by atoms with E-state index in [4.69, 9.17) is 17.3 Å². The molecular weight excluding hydrogens is 196 g/mol. The molecule has 3 N–H and O–H groups in total. The second kappa shape index (κ2) is 5.23. The molecule has 1 aromatic rings. The van der Waals surface area contributed by atoms with E-state index >= 15 is 0 Å². The van der Waals surface area contributed by atoms with Crippen LogP contribution in [-0.4, -0.2) is 12.6 Å². The zero-order chi connectivity index (χ0) is 10.6. The lowest BCUT2D eigenvalue weighted by Crippen LogP contribution is -2.33. The smallest absolute Gasteiger partial charge is 0.0407 e. The first-order valence-electron chi connectivity index (χ1n) is 4.85. The van der Waals surface area contributed by atoms with Crippen LogP contribution in [0.3, 0.4) is 0 Å². The number of hydrogen-bond donors (Lipinski definition) is 2. The lowest BCUT2D eigenvalue weighted by atomic mass is 10.0. The van der Waals surface area contributed by atoms with Crippen LogP contribution in [0.4, 0.5) is 5.69 Å². The van der Waals surface area contributed by atoms with Crippen LogP contribution in [0.5, 0.6) is 0 Å². The normalized spacial score (nSPS) is 12.9. The van der Waals surface area contributed by atoms with E-state index in [1.807, 2.05) is 24.3 Å². The fourth-order valence-electron chi connectivity index (χ4n) is 1.26. The van der Waals surface area contributed by atoms with E-state index in [1.54, 1.807) is 0 Å². The minimum Gasteiger partial charge on any atom is -0.381 e. The molecule has 0 spiro atoms. The third kappa shape index (κ3) is 3.20. The van der Waals surface area contributed by atoms with E-state index in [9.17, 15) is 0 Å². The third-order valence-electron chi connectivity index (χ3n) is 2.25. The third-order valence-corrected chi connectivity index (χ3v) is 2.51. The highest BCUT2D eigenvalue weighted by Gasteiger charge is 2.10. The Hall–Kier alpha value is -0.730. The molecule has 0 aliphatic carbocycles. The average Bonchev–Trinajstić information content (AvgIpc) is 2.16. The van der Waals surface area contributed by atoms with Crippen LogP contribution in [-0.2, 0) is 0 Å². The van der Waals surface area contributed by atoms with Crippen molar-refractivity contribution in [3.8, 4) is 0 Å². The maximum atomic E-state index is 5.79. The van der Waals surface area contributed by atoms with Gasteiger partial charge < -0.3 is 11.1 Å². The molecular formula is C11H17ClN2. The summed E-state index contributed by atoms with van der Waals surface area (Å²) in [6.07, 6.45) is 0. The maximum absolute atomic E-state index is 5.79. The molecule has 78 valence electrons. The molecule has 0 radical (unpaired) electrons. The van der Waals surface area contributed by atoms with Crippen LogP contribution >= 0.6 is 11.6 Å². The molecule has 0 aliphatic heterocycles. The summed E-state index contributed by atoms with van der Waals surface area (Å²) >= 11 is 5.79. The highest BCUT2D eigenvalue weighted by molar-refractivity contribution is 6.30. The van der Waals surface area contributed by atoms with Gasteiger partial charge in [-0.3, -0.25) is 0 Å². The van der Waals surface area contributed by atoms with Crippen LogP contribution in [0.2, 0.25) is 5.02 Å². The summed E-state index contributed by atoms with van der Waals surface area (Å²) in [5, 5.41) is 4.13. The van der Waals surface area contributed by atoms with Crippen LogP contribution in [0, 0.1) is 5.92 Å². The van der Waals surface area contributed by atoms with Crippen LogP contribution in [0.1, 0.15) is 13.8 Å². The Kier molecular flexibility index (Phi) is 4.23. The summed E-state index contributed by atoms with van der Waals surface area (Å²) in [7, 11) is 0. The van der Waals surface area contributed by atoms with Gasteiger partial charge in [0.05, 0.1) is 0 Å². The highest BCUT2D eigenvalue weighted by Crippen LogP contribution is 2.15. The molecule has 1 atom stereocenters. The van der Waals surface area contributed by atoms with Gasteiger partial charge >= 0.3 is 0 Å². The van der Waals surface area contributed by atoms with Crippen molar-refractivity contribution in [1.82, 2.24) is 0 Å². The largest absolute Gasteiger partial charge is 0.381 e. The molecule has 0 aromatic heterocycles. The summed E-state index contributed by atoms with van der Waals surface area (Å²) in [5.74, 6) is 0.524. The molecule has 14 heavy (non-hydrogen) atoms. The van der Waals surface area contributed by atoms with Gasteiger partial charge in [0, 0.05) is 23.3 Å². The SMILES string of the molecule is CC(C)C(CN)Nc1ccc(Cl)cc1. The molecule has 0 bridgehead atoms. The van der Waals surface area contributed by atoms with E-state index in [2.05, 4.69) is 19.2 Å². The van der Waals surface area contributed by atoms with Crippen molar-refractivity contribution in [1.29, 1.82) is 0 Å². The number of halogens is 1. The Balaban J connectivity index is 2.63. The van der Waals surface area contributed by atoms with Gasteiger partial charge in [0.1, 0.15) is 0 Å². The monoisotopic (exact) mass is 212 g/mol. The standard InChI is InChI=1S/C11H17ClN2/c1-8(2)11(7-13)14-10-5-3-9(12)4-6-10/h3-6,8,11,14H,7,13H2,1-2H3. The highest BCUT2D eigenvalue weighted by atomic mass is 35.5. The van der Waals surface area contributed by atoms with Crippen molar-refractivity contribution in [3.05, 3.63) is 29.3 Å². The second-order valence-electron chi connectivity index (χ2n) is 3.74. The van der Waals surface area contributed by atoms with Gasteiger partial charge in [-0.15, -0.1) is 0 Å². The lowest BCUT2D eigenvalue weighted by Gasteiger charge is -2.21. The lowest BCUT2D eigenvalue weighted by molar-refractivity contribution is 0.531. The Labute approximate surface area is 90.4 Å². The molecule has 0 amide bonds. The number of nitrogens with two attached hydrogens (primary N) is 1. The fraction of sp³-hybridized carbons (Fsp3) is 0.455. The zero-order valence-electron chi connectivity index (χ0n) is 8.63. The van der Waals surface area contributed by atoms with Gasteiger partial charge in [-0.05, 0) is 30.2 Å². The van der Waals surface area contributed by atoms with Gasteiger partial charge in [0.25, 0.3) is 0 Å². The van der Waals surface area contributed by atoms with Crippen molar-refractivity contribution >= 4 is 17.3 Å². The van der Waals surface area contributed by atoms with Crippen molar-refractivity contribution < 1.29 is 0 Å². The van der Waals surface area contributed by atoms with Gasteiger partial charge in [-0.2, -0.15) is 0 Å². The second-order valence-corrected chi connectivity index (χ2v) is 4.17. The van der Waals surface area contributed by atoms with E-state index in [1.165, 1.54) is 0 Å². The Bertz CT molecular complexity index is 269. The summed E-state index contributed by atoms with van der Waals surface area (Å²) in [6, 6.07) is 7.99. The average molecular weight is 213 g/mol.